The van der Waals surface area contributed by atoms with Crippen LogP contribution in [0.15, 0.2) is 0 Å². The number of hydrogen-bond acceptors (Lipinski definition) is 6. The molecular formula is C13H24N4OS. The average Bonchev–Trinajstić information content (AvgIpc) is 2.93. The summed E-state index contributed by atoms with van der Waals surface area (Å²) in [6.45, 7) is 7.90. The van der Waals surface area contributed by atoms with E-state index in [0.717, 1.165) is 62.9 Å². The van der Waals surface area contributed by atoms with Gasteiger partial charge in [-0.3, -0.25) is 4.90 Å². The van der Waals surface area contributed by atoms with Gasteiger partial charge < -0.3 is 10.0 Å². The summed E-state index contributed by atoms with van der Waals surface area (Å²) >= 11 is 1.52. The topological polar surface area (TPSA) is 52.5 Å². The first-order valence-electron chi connectivity index (χ1n) is 7.24. The SMILES string of the molecule is CCc1nsc(N2CCN(CCCCCO)CC2)n1. The van der Waals surface area contributed by atoms with Gasteiger partial charge in [0.25, 0.3) is 0 Å². The van der Waals surface area contributed by atoms with Crippen molar-refractivity contribution in [3.63, 3.8) is 0 Å². The van der Waals surface area contributed by atoms with Gasteiger partial charge in [-0.05, 0) is 25.8 Å². The summed E-state index contributed by atoms with van der Waals surface area (Å²) < 4.78 is 4.35. The number of aryl methyl sites for hydroxylation is 1. The van der Waals surface area contributed by atoms with Gasteiger partial charge in [0.2, 0.25) is 5.13 Å². The summed E-state index contributed by atoms with van der Waals surface area (Å²) in [7, 11) is 0. The zero-order valence-electron chi connectivity index (χ0n) is 11.7. The molecule has 0 unspecified atom stereocenters. The molecule has 1 aromatic heterocycles. The Morgan fingerprint density at radius 2 is 1.95 bits per heavy atom. The van der Waals surface area contributed by atoms with Gasteiger partial charge in [-0.2, -0.15) is 4.37 Å². The number of rotatable bonds is 7. The molecule has 5 nitrogen and oxygen atoms in total. The highest BCUT2D eigenvalue weighted by Gasteiger charge is 2.19. The largest absolute Gasteiger partial charge is 0.396 e. The van der Waals surface area contributed by atoms with Crippen molar-refractivity contribution in [1.82, 2.24) is 14.3 Å². The molecule has 1 aliphatic heterocycles. The van der Waals surface area contributed by atoms with Crippen molar-refractivity contribution in [2.75, 3.05) is 44.2 Å². The average molecular weight is 284 g/mol. The van der Waals surface area contributed by atoms with Crippen LogP contribution in [0.1, 0.15) is 32.0 Å². The second kappa shape index (κ2) is 7.77. The minimum atomic E-state index is 0.324. The lowest BCUT2D eigenvalue weighted by Gasteiger charge is -2.34. The van der Waals surface area contributed by atoms with Gasteiger partial charge in [0.05, 0.1) is 0 Å². The van der Waals surface area contributed by atoms with Gasteiger partial charge in [-0.25, -0.2) is 4.98 Å². The number of nitrogens with zero attached hydrogens (tertiary/aromatic N) is 4. The highest BCUT2D eigenvalue weighted by Crippen LogP contribution is 2.19. The van der Waals surface area contributed by atoms with Crippen LogP contribution in [-0.4, -0.2) is 58.7 Å². The number of aliphatic hydroxyl groups is 1. The van der Waals surface area contributed by atoms with E-state index in [0.29, 0.717) is 6.61 Å². The van der Waals surface area contributed by atoms with Crippen LogP contribution < -0.4 is 4.90 Å². The van der Waals surface area contributed by atoms with Crippen molar-refractivity contribution in [3.8, 4) is 0 Å². The fraction of sp³-hybridized carbons (Fsp3) is 0.846. The monoisotopic (exact) mass is 284 g/mol. The summed E-state index contributed by atoms with van der Waals surface area (Å²) in [5, 5.41) is 9.83. The minimum Gasteiger partial charge on any atom is -0.396 e. The third-order valence-electron chi connectivity index (χ3n) is 3.55. The Hall–Kier alpha value is -0.720. The molecule has 0 bridgehead atoms. The van der Waals surface area contributed by atoms with Crippen LogP contribution in [0, 0.1) is 0 Å². The van der Waals surface area contributed by atoms with Crippen molar-refractivity contribution in [2.24, 2.45) is 0 Å². The molecule has 0 aliphatic carbocycles. The number of piperazine rings is 1. The van der Waals surface area contributed by atoms with Crippen LogP contribution in [0.25, 0.3) is 0 Å². The molecule has 2 rings (SSSR count). The second-order valence-electron chi connectivity index (χ2n) is 4.96. The van der Waals surface area contributed by atoms with Gasteiger partial charge in [-0.15, -0.1) is 0 Å². The number of unbranched alkanes of at least 4 members (excludes halogenated alkanes) is 2. The molecule has 1 aromatic rings. The number of aliphatic hydroxyl groups excluding tert-OH is 1. The number of aromatic nitrogens is 2. The van der Waals surface area contributed by atoms with Crippen molar-refractivity contribution in [3.05, 3.63) is 5.82 Å². The highest BCUT2D eigenvalue weighted by atomic mass is 32.1. The van der Waals surface area contributed by atoms with Crippen molar-refractivity contribution in [1.29, 1.82) is 0 Å². The maximum absolute atomic E-state index is 8.75. The van der Waals surface area contributed by atoms with Crippen molar-refractivity contribution < 1.29 is 5.11 Å². The third kappa shape index (κ3) is 4.40. The van der Waals surface area contributed by atoms with Crippen LogP contribution >= 0.6 is 11.5 Å². The maximum atomic E-state index is 8.75. The normalized spacial score (nSPS) is 17.1. The molecule has 0 amide bonds. The molecule has 0 saturated carbocycles. The minimum absolute atomic E-state index is 0.324. The van der Waals surface area contributed by atoms with Crippen LogP contribution in [-0.2, 0) is 6.42 Å². The fourth-order valence-electron chi connectivity index (χ4n) is 2.30. The van der Waals surface area contributed by atoms with Crippen LogP contribution in [0.4, 0.5) is 5.13 Å². The van der Waals surface area contributed by atoms with E-state index in [-0.39, 0.29) is 0 Å². The summed E-state index contributed by atoms with van der Waals surface area (Å²) in [6, 6.07) is 0. The smallest absolute Gasteiger partial charge is 0.205 e. The first kappa shape index (κ1) is 14.7. The Bertz CT molecular complexity index is 363. The van der Waals surface area contributed by atoms with Crippen LogP contribution in [0.3, 0.4) is 0 Å². The molecule has 0 spiro atoms. The molecule has 1 N–H and O–H groups in total. The quantitative estimate of drug-likeness (QED) is 0.767. The van der Waals surface area contributed by atoms with E-state index in [1.807, 2.05) is 0 Å². The van der Waals surface area contributed by atoms with E-state index in [1.165, 1.54) is 18.0 Å². The summed E-state index contributed by atoms with van der Waals surface area (Å²) in [5.41, 5.74) is 0. The second-order valence-corrected chi connectivity index (χ2v) is 5.69. The standard InChI is InChI=1S/C13H24N4OS/c1-2-12-14-13(19-15-12)17-9-7-16(8-10-17)6-4-3-5-11-18/h18H,2-11H2,1H3. The molecule has 19 heavy (non-hydrogen) atoms. The molecule has 6 heteroatoms. The first-order chi connectivity index (χ1) is 9.33. The molecule has 1 aliphatic rings. The fourth-order valence-corrected chi connectivity index (χ4v) is 3.10. The third-order valence-corrected chi connectivity index (χ3v) is 4.36. The Morgan fingerprint density at radius 1 is 1.16 bits per heavy atom. The molecule has 0 aromatic carbocycles. The van der Waals surface area contributed by atoms with E-state index in [4.69, 9.17) is 5.11 Å². The summed E-state index contributed by atoms with van der Waals surface area (Å²) in [4.78, 5) is 9.41. The lowest BCUT2D eigenvalue weighted by molar-refractivity contribution is 0.242. The zero-order valence-corrected chi connectivity index (χ0v) is 12.5. The Kier molecular flexibility index (Phi) is 6.00. The molecule has 0 radical (unpaired) electrons. The molecule has 108 valence electrons. The van der Waals surface area contributed by atoms with Gasteiger partial charge >= 0.3 is 0 Å². The van der Waals surface area contributed by atoms with Crippen molar-refractivity contribution >= 4 is 16.7 Å². The lowest BCUT2D eigenvalue weighted by atomic mass is 10.2. The number of anilines is 1. The predicted molar refractivity (Wildman–Crippen MR) is 78.9 cm³/mol. The summed E-state index contributed by atoms with van der Waals surface area (Å²) in [5.74, 6) is 0.964. The Morgan fingerprint density at radius 3 is 2.58 bits per heavy atom. The molecule has 0 atom stereocenters. The Labute approximate surface area is 119 Å². The maximum Gasteiger partial charge on any atom is 0.205 e. The molecular weight excluding hydrogens is 260 g/mol. The van der Waals surface area contributed by atoms with Gasteiger partial charge in [0, 0.05) is 50.7 Å². The van der Waals surface area contributed by atoms with E-state index in [1.54, 1.807) is 0 Å². The van der Waals surface area contributed by atoms with Crippen LogP contribution in [0.5, 0.6) is 0 Å². The zero-order chi connectivity index (χ0) is 13.5. The van der Waals surface area contributed by atoms with Crippen LogP contribution in [0.2, 0.25) is 0 Å². The lowest BCUT2D eigenvalue weighted by Crippen LogP contribution is -2.46. The van der Waals surface area contributed by atoms with E-state index in [2.05, 4.69) is 26.1 Å². The summed E-state index contributed by atoms with van der Waals surface area (Å²) in [6.07, 6.45) is 4.18. The first-order valence-corrected chi connectivity index (χ1v) is 8.01. The van der Waals surface area contributed by atoms with E-state index >= 15 is 0 Å². The molecule has 1 saturated heterocycles. The van der Waals surface area contributed by atoms with Gasteiger partial charge in [0.15, 0.2) is 0 Å². The predicted octanol–water partition coefficient (Wildman–Crippen LogP) is 1.39. The van der Waals surface area contributed by atoms with E-state index in [9.17, 15) is 0 Å². The van der Waals surface area contributed by atoms with Gasteiger partial charge in [-0.1, -0.05) is 6.92 Å². The van der Waals surface area contributed by atoms with Crippen molar-refractivity contribution in [2.45, 2.75) is 32.6 Å². The number of hydrogen-bond donors (Lipinski definition) is 1. The Balaban J connectivity index is 1.70. The van der Waals surface area contributed by atoms with E-state index < -0.39 is 0 Å². The van der Waals surface area contributed by atoms with Gasteiger partial charge in [0.1, 0.15) is 5.82 Å². The highest BCUT2D eigenvalue weighted by molar-refractivity contribution is 7.09. The molecule has 1 fully saturated rings. The molecule has 2 heterocycles.